The molecule has 200 valence electrons. The number of nitrogens with zero attached hydrogens (tertiary/aromatic N) is 2. The van der Waals surface area contributed by atoms with Gasteiger partial charge in [-0.15, -0.1) is 0 Å². The van der Waals surface area contributed by atoms with Gasteiger partial charge in [0.2, 0.25) is 11.8 Å². The number of amides is 2. The molecular formula is C30H35N3O4S. The molecule has 0 radical (unpaired) electrons. The molecule has 1 N–H and O–H groups in total. The van der Waals surface area contributed by atoms with Gasteiger partial charge in [0, 0.05) is 30.9 Å². The molecule has 0 saturated heterocycles. The van der Waals surface area contributed by atoms with Crippen molar-refractivity contribution < 1.29 is 18.0 Å². The van der Waals surface area contributed by atoms with Gasteiger partial charge in [-0.25, -0.2) is 8.42 Å². The Balaban J connectivity index is 1.28. The van der Waals surface area contributed by atoms with Crippen molar-refractivity contribution >= 4 is 38.3 Å². The highest BCUT2D eigenvalue weighted by Crippen LogP contribution is 2.42. The minimum Gasteiger partial charge on any atom is -0.352 e. The lowest BCUT2D eigenvalue weighted by atomic mass is 9.95. The topological polar surface area (TPSA) is 86.8 Å². The van der Waals surface area contributed by atoms with Crippen molar-refractivity contribution in [2.24, 2.45) is 0 Å². The zero-order valence-electron chi connectivity index (χ0n) is 21.8. The second kappa shape index (κ2) is 11.2. The van der Waals surface area contributed by atoms with Crippen molar-refractivity contribution in [2.75, 3.05) is 10.8 Å². The van der Waals surface area contributed by atoms with Crippen molar-refractivity contribution in [2.45, 2.75) is 75.4 Å². The Morgan fingerprint density at radius 3 is 2.42 bits per heavy atom. The molecule has 0 unspecified atom stereocenters. The Morgan fingerprint density at radius 1 is 0.974 bits per heavy atom. The van der Waals surface area contributed by atoms with Crippen LogP contribution in [0.5, 0.6) is 0 Å². The molecule has 2 amide bonds. The van der Waals surface area contributed by atoms with Crippen LogP contribution in [0.2, 0.25) is 0 Å². The van der Waals surface area contributed by atoms with Gasteiger partial charge in [-0.1, -0.05) is 73.9 Å². The quantitative estimate of drug-likeness (QED) is 0.420. The highest BCUT2D eigenvalue weighted by Gasteiger charge is 2.35. The minimum absolute atomic E-state index is 0.134. The first-order valence-electron chi connectivity index (χ1n) is 13.5. The van der Waals surface area contributed by atoms with Crippen LogP contribution in [0.3, 0.4) is 0 Å². The number of carbonyl (C=O) groups excluding carboxylic acids is 2. The first-order valence-corrected chi connectivity index (χ1v) is 15.0. The maximum Gasteiger partial charge on any atom is 0.265 e. The van der Waals surface area contributed by atoms with Crippen LogP contribution in [0.4, 0.5) is 5.69 Å². The first-order chi connectivity index (χ1) is 18.4. The molecule has 0 aromatic heterocycles. The lowest BCUT2D eigenvalue weighted by Crippen LogP contribution is -2.50. The first kappa shape index (κ1) is 26.2. The lowest BCUT2D eigenvalue weighted by molar-refractivity contribution is -0.141. The molecule has 3 aromatic carbocycles. The van der Waals surface area contributed by atoms with Crippen LogP contribution < -0.4 is 9.62 Å². The Morgan fingerprint density at radius 2 is 1.68 bits per heavy atom. The lowest BCUT2D eigenvalue weighted by Gasteiger charge is -2.31. The maximum absolute atomic E-state index is 13.5. The number of carbonyl (C=O) groups is 2. The molecular weight excluding hydrogens is 498 g/mol. The van der Waals surface area contributed by atoms with E-state index in [1.54, 1.807) is 24.0 Å². The third-order valence-corrected chi connectivity index (χ3v) is 9.60. The third-order valence-electron chi connectivity index (χ3n) is 7.75. The number of hydrogen-bond donors (Lipinski definition) is 1. The summed E-state index contributed by atoms with van der Waals surface area (Å²) in [5, 5.41) is 4.77. The van der Waals surface area contributed by atoms with E-state index in [1.165, 1.54) is 10.7 Å². The average molecular weight is 534 g/mol. The van der Waals surface area contributed by atoms with Crippen LogP contribution in [0.15, 0.2) is 71.6 Å². The summed E-state index contributed by atoms with van der Waals surface area (Å²) >= 11 is 0. The normalized spacial score (nSPS) is 17.3. The van der Waals surface area contributed by atoms with E-state index < -0.39 is 16.1 Å². The van der Waals surface area contributed by atoms with Gasteiger partial charge in [0.25, 0.3) is 10.0 Å². The summed E-state index contributed by atoms with van der Waals surface area (Å²) in [7, 11) is -3.67. The minimum atomic E-state index is -3.67. The van der Waals surface area contributed by atoms with E-state index in [9.17, 15) is 18.0 Å². The molecule has 3 aromatic rings. The molecule has 1 heterocycles. The van der Waals surface area contributed by atoms with Gasteiger partial charge in [-0.05, 0) is 49.3 Å². The Kier molecular flexibility index (Phi) is 7.70. The molecule has 0 bridgehead atoms. The van der Waals surface area contributed by atoms with E-state index in [1.807, 2.05) is 54.6 Å². The molecule has 1 saturated carbocycles. The smallest absolute Gasteiger partial charge is 0.265 e. The van der Waals surface area contributed by atoms with Crippen molar-refractivity contribution in [3.63, 3.8) is 0 Å². The predicted octanol–water partition coefficient (Wildman–Crippen LogP) is 4.99. The fraction of sp³-hybridized carbons (Fsp3) is 0.400. The summed E-state index contributed by atoms with van der Waals surface area (Å²) in [6, 6.07) is 20.1. The molecule has 7 nitrogen and oxygen atoms in total. The largest absolute Gasteiger partial charge is 0.352 e. The molecule has 1 fully saturated rings. The van der Waals surface area contributed by atoms with Crippen molar-refractivity contribution in [3.05, 3.63) is 72.3 Å². The fourth-order valence-corrected chi connectivity index (χ4v) is 7.40. The van der Waals surface area contributed by atoms with E-state index in [0.717, 1.165) is 42.0 Å². The standard InChI is InChI=1S/C30H35N3O4S/c1-22(30(35)31-25-15-6-3-7-16-25)32(21-23-11-4-2-5-12-23)28(34)19-10-20-33-26-17-8-13-24-14-9-18-27(29(24)26)38(33,36)37/h2,4-5,8-9,11-14,17-18,22,25H,3,6-7,10,15-16,19-21H2,1H3,(H,31,35)/t22-/m0/s1. The van der Waals surface area contributed by atoms with Crippen LogP contribution in [-0.2, 0) is 26.2 Å². The summed E-state index contributed by atoms with van der Waals surface area (Å²) in [6.45, 7) is 2.30. The van der Waals surface area contributed by atoms with E-state index in [0.29, 0.717) is 23.5 Å². The monoisotopic (exact) mass is 533 g/mol. The van der Waals surface area contributed by atoms with Crippen LogP contribution in [0, 0.1) is 0 Å². The number of sulfonamides is 1. The number of benzene rings is 3. The van der Waals surface area contributed by atoms with Crippen LogP contribution in [0.1, 0.15) is 57.4 Å². The average Bonchev–Trinajstić information content (AvgIpc) is 3.15. The highest BCUT2D eigenvalue weighted by molar-refractivity contribution is 7.93. The molecule has 8 heteroatoms. The van der Waals surface area contributed by atoms with E-state index >= 15 is 0 Å². The number of nitrogens with one attached hydrogen (secondary N) is 1. The van der Waals surface area contributed by atoms with Gasteiger partial charge in [0.05, 0.1) is 10.6 Å². The Hall–Kier alpha value is -3.39. The van der Waals surface area contributed by atoms with Crippen LogP contribution in [0.25, 0.3) is 10.8 Å². The summed E-state index contributed by atoms with van der Waals surface area (Å²) in [6.07, 6.45) is 5.88. The molecule has 5 rings (SSSR count). The van der Waals surface area contributed by atoms with Gasteiger partial charge < -0.3 is 10.2 Å². The van der Waals surface area contributed by atoms with Gasteiger partial charge in [-0.3, -0.25) is 13.9 Å². The summed E-state index contributed by atoms with van der Waals surface area (Å²) in [4.78, 5) is 28.6. The van der Waals surface area contributed by atoms with Crippen molar-refractivity contribution in [1.82, 2.24) is 10.2 Å². The van der Waals surface area contributed by atoms with Crippen LogP contribution >= 0.6 is 0 Å². The fourth-order valence-electron chi connectivity index (χ4n) is 5.65. The maximum atomic E-state index is 13.5. The predicted molar refractivity (Wildman–Crippen MR) is 149 cm³/mol. The molecule has 1 aliphatic heterocycles. The van der Waals surface area contributed by atoms with E-state index in [2.05, 4.69) is 5.32 Å². The zero-order valence-corrected chi connectivity index (χ0v) is 22.6. The van der Waals surface area contributed by atoms with Crippen molar-refractivity contribution in [1.29, 1.82) is 0 Å². The summed E-state index contributed by atoms with van der Waals surface area (Å²) in [5.41, 5.74) is 1.61. The van der Waals surface area contributed by atoms with Gasteiger partial charge in [0.15, 0.2) is 0 Å². The molecule has 1 aliphatic carbocycles. The molecule has 2 aliphatic rings. The summed E-state index contributed by atoms with van der Waals surface area (Å²) in [5.74, 6) is -0.294. The van der Waals surface area contributed by atoms with Gasteiger partial charge in [-0.2, -0.15) is 0 Å². The van der Waals surface area contributed by atoms with Gasteiger partial charge >= 0.3 is 0 Å². The van der Waals surface area contributed by atoms with E-state index in [4.69, 9.17) is 0 Å². The summed E-state index contributed by atoms with van der Waals surface area (Å²) < 4.78 is 28.0. The second-order valence-electron chi connectivity index (χ2n) is 10.3. The second-order valence-corrected chi connectivity index (χ2v) is 12.2. The number of hydrogen-bond acceptors (Lipinski definition) is 4. The highest BCUT2D eigenvalue weighted by atomic mass is 32.2. The van der Waals surface area contributed by atoms with Crippen LogP contribution in [-0.4, -0.2) is 43.8 Å². The SMILES string of the molecule is C[C@@H](C(=O)NC1CCCCC1)N(Cc1ccccc1)C(=O)CCCN1c2cccc3cccc(c23)S1(=O)=O. The third kappa shape index (κ3) is 5.27. The number of rotatable bonds is 9. The number of anilines is 1. The van der Waals surface area contributed by atoms with Gasteiger partial charge in [0.1, 0.15) is 6.04 Å². The zero-order chi connectivity index (χ0) is 26.7. The Labute approximate surface area is 224 Å². The molecule has 38 heavy (non-hydrogen) atoms. The van der Waals surface area contributed by atoms with Crippen molar-refractivity contribution in [3.8, 4) is 0 Å². The van der Waals surface area contributed by atoms with E-state index in [-0.39, 0.29) is 30.8 Å². The Bertz CT molecular complexity index is 1410. The molecule has 0 spiro atoms. The molecule has 1 atom stereocenters.